The van der Waals surface area contributed by atoms with Gasteiger partial charge in [0.05, 0.1) is 11.8 Å². The first-order valence-electron chi connectivity index (χ1n) is 5.12. The van der Waals surface area contributed by atoms with E-state index in [0.717, 1.165) is 0 Å². The molecule has 88 valence electrons. The van der Waals surface area contributed by atoms with Crippen LogP contribution in [0.5, 0.6) is 0 Å². The van der Waals surface area contributed by atoms with Crippen molar-refractivity contribution >= 4 is 5.97 Å². The first kappa shape index (κ1) is 12.3. The van der Waals surface area contributed by atoms with Gasteiger partial charge in [-0.1, -0.05) is 19.8 Å². The molecule has 0 bridgehead atoms. The van der Waals surface area contributed by atoms with Crippen molar-refractivity contribution in [3.63, 3.8) is 0 Å². The zero-order chi connectivity index (χ0) is 11.6. The van der Waals surface area contributed by atoms with Crippen molar-refractivity contribution in [3.8, 4) is 0 Å². The van der Waals surface area contributed by atoms with Crippen molar-refractivity contribution < 1.29 is 23.1 Å². The third-order valence-corrected chi connectivity index (χ3v) is 3.09. The van der Waals surface area contributed by atoms with Gasteiger partial charge in [-0.15, -0.1) is 0 Å². The Kier molecular flexibility index (Phi) is 3.62. The van der Waals surface area contributed by atoms with Crippen LogP contribution in [0.1, 0.15) is 32.6 Å². The number of halogens is 3. The van der Waals surface area contributed by atoms with Gasteiger partial charge in [0.2, 0.25) is 0 Å². The molecule has 5 heteroatoms. The van der Waals surface area contributed by atoms with E-state index in [2.05, 4.69) is 0 Å². The number of aliphatic carboxylic acids is 1. The van der Waals surface area contributed by atoms with Gasteiger partial charge in [-0.3, -0.25) is 4.79 Å². The highest BCUT2D eigenvalue weighted by atomic mass is 19.4. The fourth-order valence-electron chi connectivity index (χ4n) is 2.26. The van der Waals surface area contributed by atoms with E-state index in [1.54, 1.807) is 6.92 Å². The summed E-state index contributed by atoms with van der Waals surface area (Å²) >= 11 is 0. The van der Waals surface area contributed by atoms with Gasteiger partial charge in [0.25, 0.3) is 0 Å². The van der Waals surface area contributed by atoms with E-state index in [1.165, 1.54) is 0 Å². The van der Waals surface area contributed by atoms with Gasteiger partial charge in [0.15, 0.2) is 0 Å². The highest BCUT2D eigenvalue weighted by molar-refractivity contribution is 5.70. The van der Waals surface area contributed by atoms with Crippen LogP contribution in [0.15, 0.2) is 0 Å². The largest absolute Gasteiger partial charge is 0.481 e. The van der Waals surface area contributed by atoms with E-state index < -0.39 is 24.0 Å². The summed E-state index contributed by atoms with van der Waals surface area (Å²) in [7, 11) is 0. The molecule has 1 aliphatic carbocycles. The summed E-state index contributed by atoms with van der Waals surface area (Å²) in [5.74, 6) is -4.28. The van der Waals surface area contributed by atoms with E-state index in [-0.39, 0.29) is 18.8 Å². The molecule has 0 radical (unpaired) electrons. The fraction of sp³-hybridized carbons (Fsp3) is 0.900. The van der Waals surface area contributed by atoms with Gasteiger partial charge in [-0.05, 0) is 18.8 Å². The molecule has 1 rings (SSSR count). The third kappa shape index (κ3) is 3.11. The van der Waals surface area contributed by atoms with Crippen LogP contribution in [-0.2, 0) is 4.79 Å². The van der Waals surface area contributed by atoms with Crippen molar-refractivity contribution in [2.45, 2.75) is 38.8 Å². The standard InChI is InChI=1S/C10H15F3O2/c1-6-3-2-4-7(9(14)15)8(5-6)10(11,12)13/h6-8H,2-5H2,1H3,(H,14,15). The smallest absolute Gasteiger partial charge is 0.392 e. The summed E-state index contributed by atoms with van der Waals surface area (Å²) in [6, 6.07) is 0. The second kappa shape index (κ2) is 4.41. The maximum atomic E-state index is 12.6. The lowest BCUT2D eigenvalue weighted by molar-refractivity contribution is -0.199. The fourth-order valence-corrected chi connectivity index (χ4v) is 2.26. The van der Waals surface area contributed by atoms with Crippen LogP contribution in [0.4, 0.5) is 13.2 Å². The number of alkyl halides is 3. The molecule has 0 saturated heterocycles. The van der Waals surface area contributed by atoms with Gasteiger partial charge in [-0.25, -0.2) is 0 Å². The molecule has 0 aromatic carbocycles. The second-order valence-corrected chi connectivity index (χ2v) is 4.36. The van der Waals surface area contributed by atoms with E-state index in [4.69, 9.17) is 5.11 Å². The average molecular weight is 224 g/mol. The highest BCUT2D eigenvalue weighted by Gasteiger charge is 2.48. The Bertz CT molecular complexity index is 237. The zero-order valence-electron chi connectivity index (χ0n) is 8.55. The molecular weight excluding hydrogens is 209 g/mol. The molecule has 0 spiro atoms. The second-order valence-electron chi connectivity index (χ2n) is 4.36. The monoisotopic (exact) mass is 224 g/mol. The normalized spacial score (nSPS) is 33.5. The van der Waals surface area contributed by atoms with Crippen molar-refractivity contribution in [2.24, 2.45) is 17.8 Å². The number of carboxylic acids is 1. The molecule has 0 aromatic heterocycles. The van der Waals surface area contributed by atoms with Gasteiger partial charge in [-0.2, -0.15) is 13.2 Å². The van der Waals surface area contributed by atoms with Crippen LogP contribution in [0.3, 0.4) is 0 Å². The van der Waals surface area contributed by atoms with E-state index in [9.17, 15) is 18.0 Å². The van der Waals surface area contributed by atoms with Gasteiger partial charge in [0.1, 0.15) is 0 Å². The molecule has 15 heavy (non-hydrogen) atoms. The lowest BCUT2D eigenvalue weighted by Crippen LogP contribution is -2.34. The van der Waals surface area contributed by atoms with Crippen molar-refractivity contribution in [1.29, 1.82) is 0 Å². The SMILES string of the molecule is CC1CCCC(C(=O)O)C(C(F)(F)F)C1. The summed E-state index contributed by atoms with van der Waals surface area (Å²) in [5.41, 5.74) is 0. The highest BCUT2D eigenvalue weighted by Crippen LogP contribution is 2.42. The number of carboxylic acid groups (broad SMARTS) is 1. The molecule has 0 amide bonds. The van der Waals surface area contributed by atoms with Gasteiger partial charge >= 0.3 is 12.1 Å². The maximum Gasteiger partial charge on any atom is 0.392 e. The molecule has 3 atom stereocenters. The molecule has 1 fully saturated rings. The predicted octanol–water partition coefficient (Wildman–Crippen LogP) is 3.08. The van der Waals surface area contributed by atoms with Crippen molar-refractivity contribution in [3.05, 3.63) is 0 Å². The van der Waals surface area contributed by atoms with Crippen molar-refractivity contribution in [1.82, 2.24) is 0 Å². The summed E-state index contributed by atoms with van der Waals surface area (Å²) in [4.78, 5) is 10.8. The first-order valence-corrected chi connectivity index (χ1v) is 5.12. The minimum atomic E-state index is -4.39. The number of hydrogen-bond donors (Lipinski definition) is 1. The predicted molar refractivity (Wildman–Crippen MR) is 48.3 cm³/mol. The van der Waals surface area contributed by atoms with Crippen LogP contribution in [0, 0.1) is 17.8 Å². The minimum absolute atomic E-state index is 0.0408. The molecular formula is C10H15F3O2. The molecule has 0 heterocycles. The summed E-state index contributed by atoms with van der Waals surface area (Å²) in [6.45, 7) is 1.75. The number of hydrogen-bond acceptors (Lipinski definition) is 1. The van der Waals surface area contributed by atoms with E-state index in [0.29, 0.717) is 12.8 Å². The summed E-state index contributed by atoms with van der Waals surface area (Å²) in [6.07, 6.45) is -3.03. The van der Waals surface area contributed by atoms with Crippen LogP contribution >= 0.6 is 0 Å². The first-order chi connectivity index (χ1) is 6.82. The Labute approximate surface area is 86.5 Å². The lowest BCUT2D eigenvalue weighted by atomic mass is 9.85. The molecule has 1 N–H and O–H groups in total. The topological polar surface area (TPSA) is 37.3 Å². The molecule has 2 nitrogen and oxygen atoms in total. The molecule has 1 aliphatic rings. The number of carbonyl (C=O) groups is 1. The van der Waals surface area contributed by atoms with E-state index in [1.807, 2.05) is 0 Å². The minimum Gasteiger partial charge on any atom is -0.481 e. The Hall–Kier alpha value is -0.740. The third-order valence-electron chi connectivity index (χ3n) is 3.09. The van der Waals surface area contributed by atoms with Gasteiger partial charge < -0.3 is 5.11 Å². The van der Waals surface area contributed by atoms with Crippen LogP contribution in [0.2, 0.25) is 0 Å². The Balaban J connectivity index is 2.86. The molecule has 1 saturated carbocycles. The Morgan fingerprint density at radius 3 is 2.40 bits per heavy atom. The maximum absolute atomic E-state index is 12.6. The van der Waals surface area contributed by atoms with E-state index >= 15 is 0 Å². The van der Waals surface area contributed by atoms with Crippen LogP contribution < -0.4 is 0 Å². The van der Waals surface area contributed by atoms with Crippen LogP contribution in [-0.4, -0.2) is 17.3 Å². The Morgan fingerprint density at radius 2 is 1.93 bits per heavy atom. The molecule has 3 unspecified atom stereocenters. The molecule has 0 aromatic rings. The summed E-state index contributed by atoms with van der Waals surface area (Å²) in [5, 5.41) is 8.78. The van der Waals surface area contributed by atoms with Crippen LogP contribution in [0.25, 0.3) is 0 Å². The zero-order valence-corrected chi connectivity index (χ0v) is 8.55. The Morgan fingerprint density at radius 1 is 1.33 bits per heavy atom. The summed E-state index contributed by atoms with van der Waals surface area (Å²) < 4.78 is 37.9. The van der Waals surface area contributed by atoms with Gasteiger partial charge in [0, 0.05) is 0 Å². The molecule has 0 aliphatic heterocycles. The van der Waals surface area contributed by atoms with Crippen molar-refractivity contribution in [2.75, 3.05) is 0 Å². The lowest BCUT2D eigenvalue weighted by Gasteiger charge is -2.25. The number of rotatable bonds is 1. The quantitative estimate of drug-likeness (QED) is 0.695. The average Bonchev–Trinajstić information content (AvgIpc) is 2.25.